The molecule has 15 heavy (non-hydrogen) atoms. The summed E-state index contributed by atoms with van der Waals surface area (Å²) in [5, 5.41) is 7.78. The van der Waals surface area contributed by atoms with Gasteiger partial charge >= 0.3 is 0 Å². The molecule has 1 saturated heterocycles. The Hall–Kier alpha value is -0.900. The average Bonchev–Trinajstić information content (AvgIpc) is 2.78. The molecule has 1 N–H and O–H groups in total. The van der Waals surface area contributed by atoms with E-state index in [4.69, 9.17) is 0 Å². The molecule has 0 spiro atoms. The van der Waals surface area contributed by atoms with E-state index in [0.29, 0.717) is 5.92 Å². The van der Waals surface area contributed by atoms with E-state index in [2.05, 4.69) is 29.2 Å². The highest BCUT2D eigenvalue weighted by Gasteiger charge is 2.37. The molecule has 0 bridgehead atoms. The van der Waals surface area contributed by atoms with Crippen LogP contribution in [0.5, 0.6) is 0 Å². The van der Waals surface area contributed by atoms with Gasteiger partial charge in [0.2, 0.25) is 0 Å². The van der Waals surface area contributed by atoms with Crippen LogP contribution in [0.1, 0.15) is 32.5 Å². The number of nitrogens with one attached hydrogen (secondary N) is 1. The van der Waals surface area contributed by atoms with Crippen LogP contribution >= 0.6 is 0 Å². The zero-order chi connectivity index (χ0) is 10.9. The van der Waals surface area contributed by atoms with Crippen molar-refractivity contribution in [3.05, 3.63) is 12.2 Å². The van der Waals surface area contributed by atoms with Crippen molar-refractivity contribution in [3.8, 4) is 0 Å². The minimum atomic E-state index is 0.237. The van der Waals surface area contributed by atoms with Crippen LogP contribution in [0.2, 0.25) is 0 Å². The number of nitrogens with zero attached hydrogens (tertiary/aromatic N) is 3. The predicted octanol–water partition coefficient (Wildman–Crippen LogP) is 1.14. The van der Waals surface area contributed by atoms with Crippen molar-refractivity contribution in [3.63, 3.8) is 0 Å². The van der Waals surface area contributed by atoms with Crippen LogP contribution in [0.25, 0.3) is 0 Å². The summed E-state index contributed by atoms with van der Waals surface area (Å²) in [7, 11) is 1.96. The molecular formula is C11H20N4. The van der Waals surface area contributed by atoms with Crippen LogP contribution in [0, 0.1) is 5.92 Å². The quantitative estimate of drug-likeness (QED) is 0.810. The van der Waals surface area contributed by atoms with Crippen LogP contribution in [-0.4, -0.2) is 26.8 Å². The number of aromatic nitrogens is 3. The normalized spacial score (nSPS) is 26.4. The minimum absolute atomic E-state index is 0.237. The van der Waals surface area contributed by atoms with Crippen molar-refractivity contribution >= 4 is 0 Å². The van der Waals surface area contributed by atoms with E-state index in [-0.39, 0.29) is 5.54 Å². The van der Waals surface area contributed by atoms with Gasteiger partial charge in [-0.3, -0.25) is 4.68 Å². The van der Waals surface area contributed by atoms with Gasteiger partial charge in [0.1, 0.15) is 12.2 Å². The minimum Gasteiger partial charge on any atom is -0.311 e. The van der Waals surface area contributed by atoms with Crippen LogP contribution in [0.3, 0.4) is 0 Å². The van der Waals surface area contributed by atoms with E-state index in [9.17, 15) is 0 Å². The summed E-state index contributed by atoms with van der Waals surface area (Å²) >= 11 is 0. The maximum Gasteiger partial charge on any atom is 0.138 e. The van der Waals surface area contributed by atoms with E-state index >= 15 is 0 Å². The van der Waals surface area contributed by atoms with Gasteiger partial charge in [-0.1, -0.05) is 13.8 Å². The molecule has 1 unspecified atom stereocenters. The van der Waals surface area contributed by atoms with Crippen molar-refractivity contribution in [2.45, 2.75) is 38.6 Å². The summed E-state index contributed by atoms with van der Waals surface area (Å²) in [4.78, 5) is 4.32. The van der Waals surface area contributed by atoms with Crippen LogP contribution in [0.15, 0.2) is 6.33 Å². The fraction of sp³-hybridized carbons (Fsp3) is 0.818. The number of hydrogen-bond donors (Lipinski definition) is 1. The van der Waals surface area contributed by atoms with E-state index in [1.54, 1.807) is 6.33 Å². The third-order valence-corrected chi connectivity index (χ3v) is 3.66. The van der Waals surface area contributed by atoms with Crippen molar-refractivity contribution in [1.82, 2.24) is 20.1 Å². The molecule has 0 aromatic carbocycles. The Kier molecular flexibility index (Phi) is 2.78. The van der Waals surface area contributed by atoms with E-state index in [1.807, 2.05) is 11.7 Å². The van der Waals surface area contributed by atoms with Crippen molar-refractivity contribution in [2.24, 2.45) is 13.0 Å². The Labute approximate surface area is 91.1 Å². The third-order valence-electron chi connectivity index (χ3n) is 3.66. The zero-order valence-electron chi connectivity index (χ0n) is 9.82. The lowest BCUT2D eigenvalue weighted by atomic mass is 9.82. The Balaban J connectivity index is 2.17. The molecule has 2 heterocycles. The molecule has 2 rings (SSSR count). The molecule has 1 atom stereocenters. The lowest BCUT2D eigenvalue weighted by Crippen LogP contribution is -2.47. The van der Waals surface area contributed by atoms with Crippen molar-refractivity contribution in [2.75, 3.05) is 6.54 Å². The molecule has 0 amide bonds. The summed E-state index contributed by atoms with van der Waals surface area (Å²) in [5.41, 5.74) is 0.237. The van der Waals surface area contributed by atoms with Gasteiger partial charge in [-0.2, -0.15) is 5.10 Å². The van der Waals surface area contributed by atoms with E-state index in [0.717, 1.165) is 18.8 Å². The summed E-state index contributed by atoms with van der Waals surface area (Å²) in [6, 6.07) is 0. The Morgan fingerprint density at radius 2 is 2.40 bits per heavy atom. The average molecular weight is 208 g/mol. The van der Waals surface area contributed by atoms with Gasteiger partial charge in [-0.05, 0) is 25.3 Å². The SMILES string of the molecule is CC(C)C1(Cc2ncnn2C)CCCN1. The second kappa shape index (κ2) is 3.93. The summed E-state index contributed by atoms with van der Waals surface area (Å²) in [6.07, 6.45) is 5.15. The molecule has 1 aromatic heterocycles. The number of aryl methyl sites for hydroxylation is 1. The van der Waals surface area contributed by atoms with Gasteiger partial charge in [-0.25, -0.2) is 4.98 Å². The van der Waals surface area contributed by atoms with E-state index < -0.39 is 0 Å². The molecule has 1 fully saturated rings. The van der Waals surface area contributed by atoms with Gasteiger partial charge < -0.3 is 5.32 Å². The highest BCUT2D eigenvalue weighted by Crippen LogP contribution is 2.30. The van der Waals surface area contributed by atoms with Crippen LogP contribution in [0.4, 0.5) is 0 Å². The fourth-order valence-corrected chi connectivity index (χ4v) is 2.44. The van der Waals surface area contributed by atoms with Gasteiger partial charge in [0.05, 0.1) is 0 Å². The molecule has 0 aliphatic carbocycles. The smallest absolute Gasteiger partial charge is 0.138 e. The largest absolute Gasteiger partial charge is 0.311 e. The lowest BCUT2D eigenvalue weighted by molar-refractivity contribution is 0.262. The topological polar surface area (TPSA) is 42.7 Å². The second-order valence-electron chi connectivity index (χ2n) is 4.82. The third kappa shape index (κ3) is 1.91. The van der Waals surface area contributed by atoms with E-state index in [1.165, 1.54) is 12.8 Å². The monoisotopic (exact) mass is 208 g/mol. The molecular weight excluding hydrogens is 188 g/mol. The number of rotatable bonds is 3. The summed E-state index contributed by atoms with van der Waals surface area (Å²) < 4.78 is 1.88. The van der Waals surface area contributed by atoms with Gasteiger partial charge in [0.25, 0.3) is 0 Å². The first-order valence-electron chi connectivity index (χ1n) is 5.72. The molecule has 1 aromatic rings. The maximum atomic E-state index is 4.32. The molecule has 0 saturated carbocycles. The predicted molar refractivity (Wildman–Crippen MR) is 59.5 cm³/mol. The fourth-order valence-electron chi connectivity index (χ4n) is 2.44. The van der Waals surface area contributed by atoms with Crippen molar-refractivity contribution in [1.29, 1.82) is 0 Å². The Morgan fingerprint density at radius 3 is 2.87 bits per heavy atom. The second-order valence-corrected chi connectivity index (χ2v) is 4.82. The highest BCUT2D eigenvalue weighted by molar-refractivity contribution is 5.03. The molecule has 4 heteroatoms. The highest BCUT2D eigenvalue weighted by atomic mass is 15.3. The molecule has 4 nitrogen and oxygen atoms in total. The molecule has 1 aliphatic rings. The van der Waals surface area contributed by atoms with Crippen LogP contribution in [-0.2, 0) is 13.5 Å². The first kappa shape index (κ1) is 10.6. The molecule has 84 valence electrons. The maximum absolute atomic E-state index is 4.32. The lowest BCUT2D eigenvalue weighted by Gasteiger charge is -2.33. The zero-order valence-corrected chi connectivity index (χ0v) is 9.82. The summed E-state index contributed by atoms with van der Waals surface area (Å²) in [5.74, 6) is 1.72. The standard InChI is InChI=1S/C11H20N4/c1-9(2)11(5-4-6-13-11)7-10-12-8-14-15(10)3/h8-9,13H,4-7H2,1-3H3. The first-order valence-corrected chi connectivity index (χ1v) is 5.72. The molecule has 1 aliphatic heterocycles. The summed E-state index contributed by atoms with van der Waals surface area (Å²) in [6.45, 7) is 5.71. The number of hydrogen-bond acceptors (Lipinski definition) is 3. The van der Waals surface area contributed by atoms with Gasteiger partial charge in [0.15, 0.2) is 0 Å². The van der Waals surface area contributed by atoms with Crippen LogP contribution < -0.4 is 5.32 Å². The van der Waals surface area contributed by atoms with Gasteiger partial charge in [0, 0.05) is 19.0 Å². The molecule has 0 radical (unpaired) electrons. The Bertz CT molecular complexity index is 323. The van der Waals surface area contributed by atoms with Crippen molar-refractivity contribution < 1.29 is 0 Å². The first-order chi connectivity index (χ1) is 7.14. The van der Waals surface area contributed by atoms with Gasteiger partial charge in [-0.15, -0.1) is 0 Å². The Morgan fingerprint density at radius 1 is 1.60 bits per heavy atom.